The first kappa shape index (κ1) is 13.1. The summed E-state index contributed by atoms with van der Waals surface area (Å²) in [6.07, 6.45) is 7.84. The van der Waals surface area contributed by atoms with Gasteiger partial charge < -0.3 is 4.42 Å². The third-order valence-corrected chi connectivity index (χ3v) is 4.03. The second kappa shape index (κ2) is 5.33. The molecule has 0 N–H and O–H groups in total. The van der Waals surface area contributed by atoms with Crippen LogP contribution in [-0.4, -0.2) is 15.0 Å². The Kier molecular flexibility index (Phi) is 3.18. The van der Waals surface area contributed by atoms with E-state index in [1.54, 1.807) is 24.5 Å². The maximum atomic E-state index is 13.0. The Morgan fingerprint density at radius 1 is 1.14 bits per heavy atom. The molecule has 4 rings (SSSR count). The highest BCUT2D eigenvalue weighted by Crippen LogP contribution is 2.33. The Bertz CT molecular complexity index is 783. The van der Waals surface area contributed by atoms with Crippen LogP contribution in [0.1, 0.15) is 29.5 Å². The lowest BCUT2D eigenvalue weighted by Gasteiger charge is -2.18. The minimum atomic E-state index is -0.261. The molecule has 0 saturated carbocycles. The fourth-order valence-electron chi connectivity index (χ4n) is 2.87. The number of aryl methyl sites for hydroxylation is 1. The van der Waals surface area contributed by atoms with E-state index in [0.717, 1.165) is 42.0 Å². The Labute approximate surface area is 127 Å². The Morgan fingerprint density at radius 2 is 2.00 bits per heavy atom. The van der Waals surface area contributed by atoms with Crippen LogP contribution >= 0.6 is 0 Å². The van der Waals surface area contributed by atoms with Gasteiger partial charge in [0.15, 0.2) is 0 Å². The van der Waals surface area contributed by atoms with Gasteiger partial charge in [0.05, 0.1) is 11.4 Å². The molecule has 3 aromatic rings. The lowest BCUT2D eigenvalue weighted by molar-refractivity contribution is 0.461. The van der Waals surface area contributed by atoms with Crippen LogP contribution < -0.4 is 0 Å². The van der Waals surface area contributed by atoms with Crippen molar-refractivity contribution >= 4 is 0 Å². The molecule has 2 aromatic heterocycles. The van der Waals surface area contributed by atoms with Crippen molar-refractivity contribution in [2.24, 2.45) is 0 Å². The van der Waals surface area contributed by atoms with Crippen molar-refractivity contribution in [2.75, 3.05) is 0 Å². The van der Waals surface area contributed by atoms with Crippen LogP contribution in [0.2, 0.25) is 0 Å². The van der Waals surface area contributed by atoms with Crippen LogP contribution in [0.15, 0.2) is 47.3 Å². The molecule has 1 unspecified atom stereocenters. The molecule has 1 aliphatic rings. The average molecular weight is 295 g/mol. The molecule has 0 saturated heterocycles. The number of halogens is 1. The minimum Gasteiger partial charge on any atom is -0.441 e. The molecule has 0 fully saturated rings. The summed E-state index contributed by atoms with van der Waals surface area (Å²) in [5.41, 5.74) is 2.77. The molecular formula is C17H14FN3O. The highest BCUT2D eigenvalue weighted by atomic mass is 19.1. The van der Waals surface area contributed by atoms with Crippen LogP contribution in [0.4, 0.5) is 4.39 Å². The predicted molar refractivity (Wildman–Crippen MR) is 78.7 cm³/mol. The van der Waals surface area contributed by atoms with Gasteiger partial charge in [0, 0.05) is 42.9 Å². The summed E-state index contributed by atoms with van der Waals surface area (Å²) in [6, 6.07) is 6.21. The van der Waals surface area contributed by atoms with Gasteiger partial charge in [-0.2, -0.15) is 0 Å². The number of nitrogens with zero attached hydrogens (tertiary/aromatic N) is 3. The van der Waals surface area contributed by atoms with Crippen molar-refractivity contribution in [3.05, 3.63) is 65.8 Å². The fraction of sp³-hybridized carbons (Fsp3) is 0.235. The fourth-order valence-corrected chi connectivity index (χ4v) is 2.87. The van der Waals surface area contributed by atoms with Gasteiger partial charge in [0.2, 0.25) is 5.89 Å². The first-order valence-corrected chi connectivity index (χ1v) is 7.30. The van der Waals surface area contributed by atoms with E-state index >= 15 is 0 Å². The van der Waals surface area contributed by atoms with E-state index < -0.39 is 0 Å². The van der Waals surface area contributed by atoms with Gasteiger partial charge >= 0.3 is 0 Å². The van der Waals surface area contributed by atoms with Crippen molar-refractivity contribution in [1.82, 2.24) is 15.0 Å². The highest BCUT2D eigenvalue weighted by Gasteiger charge is 2.26. The number of hydrogen-bond donors (Lipinski definition) is 0. The minimum absolute atomic E-state index is 0.261. The van der Waals surface area contributed by atoms with E-state index in [2.05, 4.69) is 15.0 Å². The SMILES string of the molecule is Fc1ccc(-c2nc3c(o2)CCC(c2cnccn2)C3)cc1. The summed E-state index contributed by atoms with van der Waals surface area (Å²) in [5.74, 6) is 1.56. The van der Waals surface area contributed by atoms with Gasteiger partial charge in [-0.1, -0.05) is 0 Å². The van der Waals surface area contributed by atoms with Crippen LogP contribution in [-0.2, 0) is 12.8 Å². The first-order chi connectivity index (χ1) is 10.8. The summed E-state index contributed by atoms with van der Waals surface area (Å²) in [6.45, 7) is 0. The lowest BCUT2D eigenvalue weighted by Crippen LogP contribution is -2.13. The molecule has 0 radical (unpaired) electrons. The zero-order valence-corrected chi connectivity index (χ0v) is 11.9. The maximum absolute atomic E-state index is 13.0. The van der Waals surface area contributed by atoms with E-state index in [0.29, 0.717) is 11.8 Å². The van der Waals surface area contributed by atoms with E-state index in [-0.39, 0.29) is 5.82 Å². The largest absolute Gasteiger partial charge is 0.441 e. The summed E-state index contributed by atoms with van der Waals surface area (Å²) in [7, 11) is 0. The summed E-state index contributed by atoms with van der Waals surface area (Å²) >= 11 is 0. The van der Waals surface area contributed by atoms with Gasteiger partial charge in [-0.05, 0) is 30.7 Å². The van der Waals surface area contributed by atoms with Gasteiger partial charge in [-0.15, -0.1) is 0 Å². The van der Waals surface area contributed by atoms with Gasteiger partial charge in [-0.25, -0.2) is 9.37 Å². The molecule has 0 aliphatic heterocycles. The molecule has 1 aliphatic carbocycles. The highest BCUT2D eigenvalue weighted by molar-refractivity contribution is 5.53. The third-order valence-electron chi connectivity index (χ3n) is 4.03. The molecular weight excluding hydrogens is 281 g/mol. The second-order valence-electron chi connectivity index (χ2n) is 5.47. The van der Waals surface area contributed by atoms with Gasteiger partial charge in [0.1, 0.15) is 11.6 Å². The first-order valence-electron chi connectivity index (χ1n) is 7.30. The normalized spacial score (nSPS) is 17.2. The topological polar surface area (TPSA) is 51.8 Å². The van der Waals surface area contributed by atoms with Crippen LogP contribution in [0.3, 0.4) is 0 Å². The quantitative estimate of drug-likeness (QED) is 0.725. The molecule has 0 spiro atoms. The monoisotopic (exact) mass is 295 g/mol. The summed E-state index contributed by atoms with van der Waals surface area (Å²) < 4.78 is 18.9. The number of hydrogen-bond acceptors (Lipinski definition) is 4. The van der Waals surface area contributed by atoms with Gasteiger partial charge in [0.25, 0.3) is 0 Å². The van der Waals surface area contributed by atoms with Crippen molar-refractivity contribution in [3.8, 4) is 11.5 Å². The number of rotatable bonds is 2. The Hall–Kier alpha value is -2.56. The number of fused-ring (bicyclic) bond motifs is 1. The smallest absolute Gasteiger partial charge is 0.226 e. The molecule has 22 heavy (non-hydrogen) atoms. The Balaban J connectivity index is 1.62. The zero-order valence-electron chi connectivity index (χ0n) is 11.9. The maximum Gasteiger partial charge on any atom is 0.226 e. The standard InChI is InChI=1S/C17H14FN3O/c18-13-4-1-11(2-5-13)17-21-14-9-12(3-6-16(14)22-17)15-10-19-7-8-20-15/h1-2,4-5,7-8,10,12H,3,6,9H2. The predicted octanol–water partition coefficient (Wildman–Crippen LogP) is 3.54. The summed E-state index contributed by atoms with van der Waals surface area (Å²) in [5, 5.41) is 0. The second-order valence-corrected chi connectivity index (χ2v) is 5.47. The molecule has 0 amide bonds. The van der Waals surface area contributed by atoms with E-state index in [4.69, 9.17) is 4.42 Å². The summed E-state index contributed by atoms with van der Waals surface area (Å²) in [4.78, 5) is 13.1. The molecule has 4 nitrogen and oxygen atoms in total. The van der Waals surface area contributed by atoms with Crippen molar-refractivity contribution in [3.63, 3.8) is 0 Å². The van der Waals surface area contributed by atoms with E-state index in [1.807, 2.05) is 6.20 Å². The van der Waals surface area contributed by atoms with E-state index in [9.17, 15) is 4.39 Å². The molecule has 110 valence electrons. The third kappa shape index (κ3) is 2.39. The Morgan fingerprint density at radius 3 is 2.77 bits per heavy atom. The van der Waals surface area contributed by atoms with Crippen LogP contribution in [0.5, 0.6) is 0 Å². The van der Waals surface area contributed by atoms with Crippen molar-refractivity contribution in [1.29, 1.82) is 0 Å². The lowest BCUT2D eigenvalue weighted by atomic mass is 9.88. The van der Waals surface area contributed by atoms with Crippen molar-refractivity contribution in [2.45, 2.75) is 25.2 Å². The van der Waals surface area contributed by atoms with E-state index in [1.165, 1.54) is 12.1 Å². The number of oxazole rings is 1. The van der Waals surface area contributed by atoms with Crippen LogP contribution in [0.25, 0.3) is 11.5 Å². The van der Waals surface area contributed by atoms with Crippen molar-refractivity contribution < 1.29 is 8.81 Å². The zero-order chi connectivity index (χ0) is 14.9. The molecule has 1 atom stereocenters. The van der Waals surface area contributed by atoms with Gasteiger partial charge in [-0.3, -0.25) is 9.97 Å². The average Bonchev–Trinajstić information content (AvgIpc) is 2.99. The molecule has 1 aromatic carbocycles. The molecule has 2 heterocycles. The molecule has 5 heteroatoms. The molecule has 0 bridgehead atoms. The van der Waals surface area contributed by atoms with Crippen LogP contribution in [0, 0.1) is 5.82 Å². The number of aromatic nitrogens is 3. The number of benzene rings is 1.